The first-order valence-electron chi connectivity index (χ1n) is 21.7. The van der Waals surface area contributed by atoms with Gasteiger partial charge in [0.2, 0.25) is 0 Å². The third-order valence-electron chi connectivity index (χ3n) is 13.3. The third-order valence-corrected chi connectivity index (χ3v) is 13.3. The molecule has 8 aromatic rings. The molecule has 4 aliphatic rings. The molecule has 294 valence electrons. The van der Waals surface area contributed by atoms with Crippen LogP contribution in [-0.4, -0.2) is 9.97 Å². The van der Waals surface area contributed by atoms with Crippen molar-refractivity contribution in [1.82, 2.24) is 9.97 Å². The lowest BCUT2D eigenvalue weighted by Gasteiger charge is -2.42. The molecule has 3 aliphatic carbocycles. The maximum Gasteiger partial charge on any atom is 0.160 e. The van der Waals surface area contributed by atoms with E-state index in [-0.39, 0.29) is 11.8 Å². The van der Waals surface area contributed by atoms with E-state index >= 15 is 0 Å². The molecule has 1 aromatic heterocycles. The number of hydrogen-bond donors (Lipinski definition) is 0. The molecule has 2 atom stereocenters. The molecule has 12 rings (SSSR count). The monoisotopic (exact) mass is 794 g/mol. The zero-order valence-corrected chi connectivity index (χ0v) is 34.2. The summed E-state index contributed by atoms with van der Waals surface area (Å²) in [6.45, 7) is 0. The first-order valence-corrected chi connectivity index (χ1v) is 21.7. The Bertz CT molecular complexity index is 3030. The minimum Gasteiger partial charge on any atom is -0.461 e. The molecule has 7 aromatic carbocycles. The summed E-state index contributed by atoms with van der Waals surface area (Å²) in [5.74, 6) is 3.20. The molecular weight excluding hydrogens is 753 g/mol. The smallest absolute Gasteiger partial charge is 0.160 e. The van der Waals surface area contributed by atoms with Crippen LogP contribution in [0.1, 0.15) is 35.4 Å². The molecule has 2 unspecified atom stereocenters. The molecule has 0 fully saturated rings. The Morgan fingerprint density at radius 1 is 0.468 bits per heavy atom. The number of rotatable bonds is 6. The predicted molar refractivity (Wildman–Crippen MR) is 252 cm³/mol. The van der Waals surface area contributed by atoms with E-state index in [4.69, 9.17) is 14.7 Å². The first-order chi connectivity index (χ1) is 30.7. The number of benzene rings is 7. The zero-order valence-electron chi connectivity index (χ0n) is 34.2. The van der Waals surface area contributed by atoms with Gasteiger partial charge in [-0.15, -0.1) is 0 Å². The Balaban J connectivity index is 0.938. The summed E-state index contributed by atoms with van der Waals surface area (Å²) < 4.78 is 6.96. The highest BCUT2D eigenvalue weighted by atomic mass is 16.5. The van der Waals surface area contributed by atoms with E-state index in [1.54, 1.807) is 0 Å². The van der Waals surface area contributed by atoms with E-state index in [1.807, 2.05) is 0 Å². The second-order valence-electron chi connectivity index (χ2n) is 16.8. The SMILES string of the molecule is C1=CC(c2nc(-c3cccc(-c4ccccc4)c3)cc(-c3cccc(-c4ccccc4)c3)n2)=CC(C2C=CC3=C(C2)Oc2ccccc2C32c3ccccc3-c3ccccc32)C1. The van der Waals surface area contributed by atoms with E-state index in [2.05, 4.69) is 218 Å². The molecule has 1 aliphatic heterocycles. The van der Waals surface area contributed by atoms with Crippen LogP contribution in [0.5, 0.6) is 5.75 Å². The molecule has 3 heteroatoms. The lowest BCUT2D eigenvalue weighted by molar-refractivity contribution is 0.323. The van der Waals surface area contributed by atoms with Gasteiger partial charge in [0, 0.05) is 34.3 Å². The van der Waals surface area contributed by atoms with Gasteiger partial charge in [-0.3, -0.25) is 0 Å². The number of fused-ring (bicyclic) bond motifs is 8. The summed E-state index contributed by atoms with van der Waals surface area (Å²) in [7, 11) is 0. The largest absolute Gasteiger partial charge is 0.461 e. The van der Waals surface area contributed by atoms with E-state index < -0.39 is 5.41 Å². The number of para-hydroxylation sites is 1. The summed E-state index contributed by atoms with van der Waals surface area (Å²) in [5.41, 5.74) is 16.9. The van der Waals surface area contributed by atoms with Crippen LogP contribution in [0, 0.1) is 11.8 Å². The normalized spacial score (nSPS) is 17.7. The minimum absolute atomic E-state index is 0.232. The van der Waals surface area contributed by atoms with Crippen molar-refractivity contribution in [2.24, 2.45) is 11.8 Å². The van der Waals surface area contributed by atoms with Gasteiger partial charge in [-0.05, 0) is 87.0 Å². The average molecular weight is 795 g/mol. The Hall–Kier alpha value is -7.62. The third kappa shape index (κ3) is 5.96. The Morgan fingerprint density at radius 3 is 1.63 bits per heavy atom. The highest BCUT2D eigenvalue weighted by molar-refractivity contribution is 5.88. The summed E-state index contributed by atoms with van der Waals surface area (Å²) in [6.07, 6.45) is 13.5. The lowest BCUT2D eigenvalue weighted by Crippen LogP contribution is -2.36. The van der Waals surface area contributed by atoms with Crippen molar-refractivity contribution < 1.29 is 4.74 Å². The summed E-state index contributed by atoms with van der Waals surface area (Å²) in [6, 6.07) is 67.2. The number of allylic oxidation sites excluding steroid dienone is 8. The number of ether oxygens (including phenoxy) is 1. The molecule has 3 nitrogen and oxygen atoms in total. The van der Waals surface area contributed by atoms with Crippen LogP contribution in [0.25, 0.3) is 61.5 Å². The van der Waals surface area contributed by atoms with Crippen molar-refractivity contribution in [2.45, 2.75) is 18.3 Å². The van der Waals surface area contributed by atoms with Gasteiger partial charge in [0.05, 0.1) is 16.8 Å². The van der Waals surface area contributed by atoms with Crippen molar-refractivity contribution in [2.75, 3.05) is 0 Å². The Morgan fingerprint density at radius 2 is 1.00 bits per heavy atom. The topological polar surface area (TPSA) is 35.0 Å². The van der Waals surface area contributed by atoms with Gasteiger partial charge >= 0.3 is 0 Å². The quantitative estimate of drug-likeness (QED) is 0.168. The molecule has 2 heterocycles. The molecule has 1 spiro atoms. The lowest BCUT2D eigenvalue weighted by atomic mass is 9.63. The fourth-order valence-electron chi connectivity index (χ4n) is 10.4. The summed E-state index contributed by atoms with van der Waals surface area (Å²) >= 11 is 0. The van der Waals surface area contributed by atoms with Crippen molar-refractivity contribution >= 4 is 5.57 Å². The van der Waals surface area contributed by atoms with Gasteiger partial charge in [-0.2, -0.15) is 0 Å². The van der Waals surface area contributed by atoms with E-state index in [1.165, 1.54) is 44.5 Å². The van der Waals surface area contributed by atoms with Gasteiger partial charge in [0.25, 0.3) is 0 Å². The second-order valence-corrected chi connectivity index (χ2v) is 16.8. The number of aromatic nitrogens is 2. The first kappa shape index (κ1) is 36.2. The molecule has 62 heavy (non-hydrogen) atoms. The fraction of sp³-hybridized carbons (Fsp3) is 0.0847. The fourth-order valence-corrected chi connectivity index (χ4v) is 10.4. The highest BCUT2D eigenvalue weighted by Gasteiger charge is 2.52. The van der Waals surface area contributed by atoms with Crippen LogP contribution in [-0.2, 0) is 5.41 Å². The Kier molecular flexibility index (Phi) is 8.67. The van der Waals surface area contributed by atoms with Crippen LogP contribution in [0.15, 0.2) is 230 Å². The predicted octanol–water partition coefficient (Wildman–Crippen LogP) is 14.3. The van der Waals surface area contributed by atoms with Gasteiger partial charge in [0.1, 0.15) is 11.5 Å². The molecule has 0 saturated carbocycles. The van der Waals surface area contributed by atoms with Crippen molar-refractivity contribution in [1.29, 1.82) is 0 Å². The van der Waals surface area contributed by atoms with Crippen molar-refractivity contribution in [3.63, 3.8) is 0 Å². The van der Waals surface area contributed by atoms with E-state index in [0.29, 0.717) is 0 Å². The van der Waals surface area contributed by atoms with Crippen LogP contribution in [0.3, 0.4) is 0 Å². The summed E-state index contributed by atoms with van der Waals surface area (Å²) in [5, 5.41) is 0. The highest BCUT2D eigenvalue weighted by Crippen LogP contribution is 2.61. The van der Waals surface area contributed by atoms with E-state index in [0.717, 1.165) is 69.4 Å². The van der Waals surface area contributed by atoms with Gasteiger partial charge in [-0.25, -0.2) is 9.97 Å². The second kappa shape index (κ2) is 14.8. The molecule has 0 N–H and O–H groups in total. The van der Waals surface area contributed by atoms with Crippen LogP contribution >= 0.6 is 0 Å². The van der Waals surface area contributed by atoms with Crippen LogP contribution in [0.2, 0.25) is 0 Å². The van der Waals surface area contributed by atoms with E-state index in [9.17, 15) is 0 Å². The maximum absolute atomic E-state index is 6.96. The summed E-state index contributed by atoms with van der Waals surface area (Å²) in [4.78, 5) is 10.7. The Labute approximate surface area is 362 Å². The average Bonchev–Trinajstić information content (AvgIpc) is 3.65. The van der Waals surface area contributed by atoms with Gasteiger partial charge < -0.3 is 4.74 Å². The standard InChI is InChI=1S/C59H42N2O/c1-3-16-39(17-4-1)41-20-13-23-45(34-41)54-38-55(46-24-14-21-42(35-46)40-18-5-2-6-19-40)61-58(60-54)47-25-15-22-43(36-47)44-32-33-53-57(37-44)62-56-31-12-11-30-52(56)59(53)50-28-9-7-26-48(50)49-27-8-10-29-51(49)59/h1-21,23-36,38,43-44H,22,37H2. The van der Waals surface area contributed by atoms with Gasteiger partial charge in [0.15, 0.2) is 5.82 Å². The molecule has 0 amide bonds. The van der Waals surface area contributed by atoms with Crippen LogP contribution in [0.4, 0.5) is 0 Å². The molecule has 0 saturated heterocycles. The van der Waals surface area contributed by atoms with Crippen LogP contribution < -0.4 is 4.74 Å². The van der Waals surface area contributed by atoms with Crippen molar-refractivity contribution in [3.8, 4) is 61.6 Å². The molecular formula is C59H42N2O. The minimum atomic E-state index is -0.438. The number of nitrogens with zero attached hydrogens (tertiary/aromatic N) is 2. The maximum atomic E-state index is 6.96. The zero-order chi connectivity index (χ0) is 41.0. The van der Waals surface area contributed by atoms with Gasteiger partial charge in [-0.1, -0.05) is 194 Å². The molecule has 0 bridgehead atoms. The number of hydrogen-bond acceptors (Lipinski definition) is 3. The molecule has 0 radical (unpaired) electrons. The van der Waals surface area contributed by atoms with Crippen molar-refractivity contribution in [3.05, 3.63) is 252 Å².